The fourth-order valence-corrected chi connectivity index (χ4v) is 17.0. The van der Waals surface area contributed by atoms with Gasteiger partial charge in [-0.3, -0.25) is 37.3 Å². The Morgan fingerprint density at radius 2 is 0.397 bits per heavy atom. The molecule has 5 atom stereocenters. The van der Waals surface area contributed by atoms with Crippen LogP contribution in [-0.4, -0.2) is 96.7 Å². The minimum atomic E-state index is -4.97. The van der Waals surface area contributed by atoms with E-state index in [-0.39, 0.29) is 25.7 Å². The number of carbonyl (C=O) groups is 4. The first-order chi connectivity index (χ1) is 56.5. The number of unbranched alkanes of at least 4 members (excludes halogenated alkanes) is 69. The highest BCUT2D eigenvalue weighted by Crippen LogP contribution is 2.45. The highest BCUT2D eigenvalue weighted by Gasteiger charge is 2.31. The molecule has 0 aliphatic rings. The molecule has 2 unspecified atom stereocenters. The normalized spacial score (nSPS) is 13.6. The molecule has 0 aromatic heterocycles. The zero-order valence-corrected chi connectivity index (χ0v) is 78.4. The van der Waals surface area contributed by atoms with Gasteiger partial charge in [-0.1, -0.05) is 484 Å². The number of hydrogen-bond donors (Lipinski definition) is 3. The van der Waals surface area contributed by atoms with Crippen molar-refractivity contribution in [1.29, 1.82) is 0 Å². The van der Waals surface area contributed by atoms with Crippen LogP contribution in [0, 0.1) is 5.92 Å². The third-order valence-corrected chi connectivity index (χ3v) is 24.9. The van der Waals surface area contributed by atoms with E-state index in [1.54, 1.807) is 0 Å². The van der Waals surface area contributed by atoms with Gasteiger partial charge in [0.05, 0.1) is 26.4 Å². The highest BCUT2D eigenvalue weighted by atomic mass is 31.2. The Hall–Kier alpha value is -1.94. The second-order valence-electron chi connectivity index (χ2n) is 35.3. The Morgan fingerprint density at radius 1 is 0.233 bits per heavy atom. The number of ether oxygens (including phenoxy) is 4. The molecule has 0 aliphatic heterocycles. The number of rotatable bonds is 97. The predicted octanol–water partition coefficient (Wildman–Crippen LogP) is 30.7. The minimum absolute atomic E-state index is 0.109. The summed E-state index contributed by atoms with van der Waals surface area (Å²) in [5.41, 5.74) is 0. The van der Waals surface area contributed by atoms with Crippen LogP contribution in [-0.2, 0) is 65.4 Å². The maximum atomic E-state index is 13.2. The third kappa shape index (κ3) is 89.8. The fourth-order valence-electron chi connectivity index (χ4n) is 15.4. The van der Waals surface area contributed by atoms with Gasteiger partial charge in [0, 0.05) is 25.7 Å². The highest BCUT2D eigenvalue weighted by molar-refractivity contribution is 7.47. The van der Waals surface area contributed by atoms with Gasteiger partial charge in [0.2, 0.25) is 0 Å². The summed E-state index contributed by atoms with van der Waals surface area (Å²) in [6.07, 6.45) is 87.9. The van der Waals surface area contributed by atoms with Crippen molar-refractivity contribution in [2.75, 3.05) is 39.6 Å². The Balaban J connectivity index is 5.23. The predicted molar refractivity (Wildman–Crippen MR) is 483 cm³/mol. The van der Waals surface area contributed by atoms with E-state index in [1.165, 1.54) is 360 Å². The van der Waals surface area contributed by atoms with Gasteiger partial charge in [0.1, 0.15) is 19.3 Å². The lowest BCUT2D eigenvalue weighted by atomic mass is 10.0. The molecular weight excluding hydrogens is 1500 g/mol. The number of hydrogen-bond acceptors (Lipinski definition) is 15. The Kier molecular flexibility index (Phi) is 87.8. The maximum absolute atomic E-state index is 13.2. The van der Waals surface area contributed by atoms with E-state index in [0.717, 1.165) is 95.8 Å². The second-order valence-corrected chi connectivity index (χ2v) is 38.2. The average Bonchev–Trinajstić information content (AvgIpc) is 0.899. The van der Waals surface area contributed by atoms with Crippen molar-refractivity contribution >= 4 is 39.5 Å². The lowest BCUT2D eigenvalue weighted by Crippen LogP contribution is -2.30. The molecule has 0 aliphatic carbocycles. The first-order valence-electron chi connectivity index (χ1n) is 50.1. The zero-order valence-electron chi connectivity index (χ0n) is 76.7. The van der Waals surface area contributed by atoms with Gasteiger partial charge >= 0.3 is 39.5 Å². The SMILES string of the molecule is CCCCCCCCCCCCCCCCCCCCCCCCC(=O)O[C@H](COC(=O)CCCCCCCCCCCCCCCCCCCCCCC)COP(=O)(O)OC[C@@H](O)COP(=O)(O)OC[C@@H](COC(=O)CCCCCCCCCCCC(C)C)OC(=O)CCCCCCCCCCCCCCCCCCCCCCC. The van der Waals surface area contributed by atoms with Crippen LogP contribution in [0.15, 0.2) is 0 Å². The summed E-state index contributed by atoms with van der Waals surface area (Å²) in [6, 6.07) is 0. The van der Waals surface area contributed by atoms with Gasteiger partial charge in [0.15, 0.2) is 12.2 Å². The van der Waals surface area contributed by atoms with Crippen LogP contribution >= 0.6 is 15.6 Å². The first-order valence-corrected chi connectivity index (χ1v) is 53.1. The molecule has 0 fully saturated rings. The number of carbonyl (C=O) groups excluding carboxylic acids is 4. The Morgan fingerprint density at radius 3 is 0.586 bits per heavy atom. The van der Waals surface area contributed by atoms with Crippen LogP contribution in [0.25, 0.3) is 0 Å². The van der Waals surface area contributed by atoms with E-state index in [2.05, 4.69) is 34.6 Å². The lowest BCUT2D eigenvalue weighted by molar-refractivity contribution is -0.161. The molecule has 0 saturated carbocycles. The van der Waals surface area contributed by atoms with Crippen molar-refractivity contribution in [1.82, 2.24) is 0 Å². The van der Waals surface area contributed by atoms with Gasteiger partial charge < -0.3 is 33.8 Å². The van der Waals surface area contributed by atoms with Crippen LogP contribution in [0.2, 0.25) is 0 Å². The van der Waals surface area contributed by atoms with Crippen molar-refractivity contribution in [2.45, 2.75) is 554 Å². The minimum Gasteiger partial charge on any atom is -0.462 e. The van der Waals surface area contributed by atoms with Gasteiger partial charge in [-0.2, -0.15) is 0 Å². The first kappa shape index (κ1) is 114. The monoisotopic (exact) mass is 1690 g/mol. The Labute approximate surface area is 715 Å². The summed E-state index contributed by atoms with van der Waals surface area (Å²) in [4.78, 5) is 73.6. The molecular formula is C97H190O17P2. The number of aliphatic hydroxyl groups excluding tert-OH is 1. The van der Waals surface area contributed by atoms with E-state index < -0.39 is 97.5 Å². The van der Waals surface area contributed by atoms with E-state index in [0.29, 0.717) is 25.7 Å². The lowest BCUT2D eigenvalue weighted by Gasteiger charge is -2.21. The van der Waals surface area contributed by atoms with Crippen LogP contribution in [0.4, 0.5) is 0 Å². The van der Waals surface area contributed by atoms with E-state index in [4.69, 9.17) is 37.0 Å². The standard InChI is InChI=1S/C97H190O17P2/c1-6-9-12-15-18-21-24-27-30-33-36-39-42-45-48-51-54-57-62-68-73-77-82-96(101)113-92(86-107-94(99)80-75-70-65-60-55-52-49-46-43-40-37-34-31-28-25-22-19-16-13-10-7-2)88-111-115(103,104)109-84-91(98)85-110-116(105,106)112-89-93(87-108-95(100)81-76-71-66-63-58-59-64-69-74-79-90(4)5)114-97(102)83-78-72-67-61-56-53-50-47-44-41-38-35-32-29-26-23-20-17-14-11-8-3/h90-93,98H,6-89H2,1-5H3,(H,103,104)(H,105,106)/t91-,92-,93-/m1/s1. The van der Waals surface area contributed by atoms with Gasteiger partial charge in [0.25, 0.3) is 0 Å². The van der Waals surface area contributed by atoms with Crippen molar-refractivity contribution in [3.8, 4) is 0 Å². The molecule has 0 radical (unpaired) electrons. The maximum Gasteiger partial charge on any atom is 0.472 e. The van der Waals surface area contributed by atoms with Crippen molar-refractivity contribution in [3.63, 3.8) is 0 Å². The number of aliphatic hydroxyl groups is 1. The van der Waals surface area contributed by atoms with E-state index in [1.807, 2.05) is 0 Å². The average molecular weight is 1690 g/mol. The number of phosphoric acid groups is 2. The van der Waals surface area contributed by atoms with E-state index in [9.17, 15) is 43.2 Å². The summed E-state index contributed by atoms with van der Waals surface area (Å²) in [7, 11) is -9.94. The van der Waals surface area contributed by atoms with Crippen LogP contribution in [0.5, 0.6) is 0 Å². The topological polar surface area (TPSA) is 237 Å². The molecule has 0 saturated heterocycles. The quantitative estimate of drug-likeness (QED) is 0.0222. The van der Waals surface area contributed by atoms with Crippen LogP contribution < -0.4 is 0 Å². The summed E-state index contributed by atoms with van der Waals surface area (Å²) in [6.45, 7) is 7.41. The number of phosphoric ester groups is 2. The van der Waals surface area contributed by atoms with E-state index >= 15 is 0 Å². The fraction of sp³-hybridized carbons (Fsp3) is 0.959. The molecule has 19 heteroatoms. The molecule has 0 bridgehead atoms. The molecule has 0 rings (SSSR count). The third-order valence-electron chi connectivity index (χ3n) is 23.0. The molecule has 17 nitrogen and oxygen atoms in total. The second kappa shape index (κ2) is 89.3. The van der Waals surface area contributed by atoms with Gasteiger partial charge in [-0.15, -0.1) is 0 Å². The largest absolute Gasteiger partial charge is 0.472 e. The number of esters is 4. The Bertz CT molecular complexity index is 2190. The van der Waals surface area contributed by atoms with Crippen molar-refractivity contribution in [2.24, 2.45) is 5.92 Å². The summed E-state index contributed by atoms with van der Waals surface area (Å²) < 4.78 is 69.3. The summed E-state index contributed by atoms with van der Waals surface area (Å²) >= 11 is 0. The smallest absolute Gasteiger partial charge is 0.462 e. The van der Waals surface area contributed by atoms with Crippen molar-refractivity contribution in [3.05, 3.63) is 0 Å². The van der Waals surface area contributed by atoms with Gasteiger partial charge in [-0.25, -0.2) is 9.13 Å². The molecule has 690 valence electrons. The van der Waals surface area contributed by atoms with Crippen LogP contribution in [0.1, 0.15) is 535 Å². The van der Waals surface area contributed by atoms with Crippen LogP contribution in [0.3, 0.4) is 0 Å². The molecule has 0 heterocycles. The molecule has 116 heavy (non-hydrogen) atoms. The molecule has 0 aromatic rings. The molecule has 0 aromatic carbocycles. The summed E-state index contributed by atoms with van der Waals surface area (Å²) in [5.74, 6) is -1.34. The molecule has 3 N–H and O–H groups in total. The van der Waals surface area contributed by atoms with Gasteiger partial charge in [-0.05, 0) is 31.6 Å². The molecule has 0 spiro atoms. The summed E-state index contributed by atoms with van der Waals surface area (Å²) in [5, 5.41) is 10.7. The van der Waals surface area contributed by atoms with Crippen molar-refractivity contribution < 1.29 is 80.2 Å². The molecule has 0 amide bonds. The zero-order chi connectivity index (χ0) is 84.7.